The Balaban J connectivity index is 2.09. The van der Waals surface area contributed by atoms with Crippen molar-refractivity contribution < 1.29 is 4.79 Å². The smallest absolute Gasteiger partial charge is 0.185 e. The van der Waals surface area contributed by atoms with Crippen LogP contribution >= 0.6 is 15.9 Å². The first-order valence-electron chi connectivity index (χ1n) is 5.70. The molecule has 0 aliphatic carbocycles. The second kappa shape index (κ2) is 5.78. The summed E-state index contributed by atoms with van der Waals surface area (Å²) in [6.45, 7) is 2.85. The summed E-state index contributed by atoms with van der Waals surface area (Å²) in [4.78, 5) is 11.9. The number of rotatable bonds is 4. The van der Waals surface area contributed by atoms with Crippen LogP contribution in [0.1, 0.15) is 23.0 Å². The fourth-order valence-corrected chi connectivity index (χ4v) is 1.78. The van der Waals surface area contributed by atoms with Gasteiger partial charge in [0.2, 0.25) is 0 Å². The number of aryl methyl sites for hydroxylation is 1. The van der Waals surface area contributed by atoms with Gasteiger partial charge in [0, 0.05) is 22.8 Å². The zero-order valence-electron chi connectivity index (χ0n) is 10.0. The van der Waals surface area contributed by atoms with E-state index in [0.717, 1.165) is 16.7 Å². The lowest BCUT2D eigenvalue weighted by atomic mass is 10.1. The van der Waals surface area contributed by atoms with E-state index in [1.165, 1.54) is 0 Å². The van der Waals surface area contributed by atoms with Crippen LogP contribution in [0.5, 0.6) is 0 Å². The Morgan fingerprint density at radius 3 is 2.67 bits per heavy atom. The van der Waals surface area contributed by atoms with E-state index in [-0.39, 0.29) is 5.78 Å². The number of carbonyl (C=O) groups is 1. The van der Waals surface area contributed by atoms with Crippen molar-refractivity contribution in [2.24, 2.45) is 0 Å². The highest BCUT2D eigenvalue weighted by Gasteiger charge is 2.01. The summed E-state index contributed by atoms with van der Waals surface area (Å²) >= 11 is 3.34. The molecular weight excluding hydrogens is 292 g/mol. The van der Waals surface area contributed by atoms with Gasteiger partial charge in [-0.15, -0.1) is 0 Å². The molecule has 0 aliphatic heterocycles. The topological polar surface area (TPSA) is 34.9 Å². The fraction of sp³-hybridized carbons (Fsp3) is 0.143. The van der Waals surface area contributed by atoms with Crippen molar-refractivity contribution in [1.29, 1.82) is 0 Å². The molecule has 1 aromatic carbocycles. The Hall–Kier alpha value is -1.68. The Kier molecular flexibility index (Phi) is 4.10. The molecule has 0 fully saturated rings. The van der Waals surface area contributed by atoms with Crippen molar-refractivity contribution >= 4 is 27.8 Å². The first kappa shape index (κ1) is 12.8. The van der Waals surface area contributed by atoms with Crippen LogP contribution in [-0.4, -0.2) is 15.6 Å². The maximum absolute atomic E-state index is 11.9. The van der Waals surface area contributed by atoms with Crippen molar-refractivity contribution in [2.75, 3.05) is 0 Å². The first-order chi connectivity index (χ1) is 8.69. The van der Waals surface area contributed by atoms with Gasteiger partial charge in [0.25, 0.3) is 0 Å². The highest BCUT2D eigenvalue weighted by atomic mass is 79.9. The fourth-order valence-electron chi connectivity index (χ4n) is 1.51. The molecule has 0 N–H and O–H groups in total. The van der Waals surface area contributed by atoms with Gasteiger partial charge in [-0.3, -0.25) is 9.48 Å². The summed E-state index contributed by atoms with van der Waals surface area (Å²) in [5.41, 5.74) is 1.46. The van der Waals surface area contributed by atoms with Gasteiger partial charge in [-0.2, -0.15) is 5.10 Å². The van der Waals surface area contributed by atoms with Gasteiger partial charge in [-0.1, -0.05) is 15.9 Å². The van der Waals surface area contributed by atoms with Crippen LogP contribution in [0.4, 0.5) is 0 Å². The zero-order chi connectivity index (χ0) is 13.0. The highest BCUT2D eigenvalue weighted by molar-refractivity contribution is 9.10. The molecule has 4 heteroatoms. The lowest BCUT2D eigenvalue weighted by Gasteiger charge is -1.95. The molecule has 1 aromatic heterocycles. The molecule has 92 valence electrons. The van der Waals surface area contributed by atoms with Crippen LogP contribution in [0.2, 0.25) is 0 Å². The van der Waals surface area contributed by atoms with Gasteiger partial charge >= 0.3 is 0 Å². The number of nitrogens with zero attached hydrogens (tertiary/aromatic N) is 2. The highest BCUT2D eigenvalue weighted by Crippen LogP contribution is 2.11. The van der Waals surface area contributed by atoms with Crippen LogP contribution in [0.15, 0.2) is 47.1 Å². The molecule has 2 rings (SSSR count). The van der Waals surface area contributed by atoms with Crippen LogP contribution in [0.3, 0.4) is 0 Å². The quantitative estimate of drug-likeness (QED) is 0.639. The van der Waals surface area contributed by atoms with Gasteiger partial charge in [0.15, 0.2) is 5.78 Å². The predicted octanol–water partition coefficient (Wildman–Crippen LogP) is 3.56. The van der Waals surface area contributed by atoms with E-state index in [0.29, 0.717) is 5.56 Å². The molecule has 1 heterocycles. The second-order valence-electron chi connectivity index (χ2n) is 3.80. The molecular formula is C14H13BrN2O. The molecule has 2 aromatic rings. The minimum absolute atomic E-state index is 0.0199. The molecule has 18 heavy (non-hydrogen) atoms. The third kappa shape index (κ3) is 3.17. The zero-order valence-corrected chi connectivity index (χ0v) is 11.6. The van der Waals surface area contributed by atoms with Crippen LogP contribution in [0, 0.1) is 0 Å². The molecule has 0 saturated carbocycles. The average Bonchev–Trinajstić information content (AvgIpc) is 2.85. The normalized spacial score (nSPS) is 11.0. The third-order valence-corrected chi connectivity index (χ3v) is 3.05. The first-order valence-corrected chi connectivity index (χ1v) is 6.50. The number of benzene rings is 1. The molecule has 0 aliphatic rings. The van der Waals surface area contributed by atoms with E-state index < -0.39 is 0 Å². The Morgan fingerprint density at radius 2 is 2.06 bits per heavy atom. The summed E-state index contributed by atoms with van der Waals surface area (Å²) in [6.07, 6.45) is 5.17. The molecule has 0 radical (unpaired) electrons. The Morgan fingerprint density at radius 1 is 1.33 bits per heavy atom. The Labute approximate surface area is 114 Å². The van der Waals surface area contributed by atoms with Gasteiger partial charge in [0.05, 0.1) is 5.69 Å². The second-order valence-corrected chi connectivity index (χ2v) is 4.72. The van der Waals surface area contributed by atoms with E-state index in [4.69, 9.17) is 0 Å². The van der Waals surface area contributed by atoms with Crippen molar-refractivity contribution in [1.82, 2.24) is 9.78 Å². The van der Waals surface area contributed by atoms with Gasteiger partial charge < -0.3 is 0 Å². The molecule has 3 nitrogen and oxygen atoms in total. The summed E-state index contributed by atoms with van der Waals surface area (Å²) in [5.74, 6) is -0.0199. The monoisotopic (exact) mass is 304 g/mol. The van der Waals surface area contributed by atoms with Crippen molar-refractivity contribution in [3.05, 3.63) is 58.3 Å². The van der Waals surface area contributed by atoms with E-state index in [9.17, 15) is 4.79 Å². The summed E-state index contributed by atoms with van der Waals surface area (Å²) < 4.78 is 2.79. The maximum atomic E-state index is 11.9. The Bertz CT molecular complexity index is 570. The van der Waals surface area contributed by atoms with E-state index in [1.807, 2.05) is 36.0 Å². The van der Waals surface area contributed by atoms with E-state index in [1.54, 1.807) is 24.3 Å². The maximum Gasteiger partial charge on any atom is 0.185 e. The van der Waals surface area contributed by atoms with Crippen molar-refractivity contribution in [2.45, 2.75) is 13.5 Å². The molecule has 0 amide bonds. The lowest BCUT2D eigenvalue weighted by Crippen LogP contribution is -1.95. The van der Waals surface area contributed by atoms with Crippen LogP contribution in [-0.2, 0) is 6.54 Å². The summed E-state index contributed by atoms with van der Waals surface area (Å²) in [5, 5.41) is 4.28. The van der Waals surface area contributed by atoms with Crippen molar-refractivity contribution in [3.63, 3.8) is 0 Å². The SMILES string of the molecule is CCn1ccc(C=CC(=O)c2ccc(Br)cc2)n1. The van der Waals surface area contributed by atoms with Gasteiger partial charge in [-0.25, -0.2) is 0 Å². The number of ketones is 1. The molecule has 0 atom stereocenters. The van der Waals surface area contributed by atoms with E-state index in [2.05, 4.69) is 21.0 Å². The molecule has 0 bridgehead atoms. The number of allylic oxidation sites excluding steroid dienone is 1. The minimum Gasteiger partial charge on any atom is -0.289 e. The number of halogens is 1. The predicted molar refractivity (Wildman–Crippen MR) is 75.4 cm³/mol. The summed E-state index contributed by atoms with van der Waals surface area (Å²) in [7, 11) is 0. The number of hydrogen-bond acceptors (Lipinski definition) is 2. The number of aromatic nitrogens is 2. The standard InChI is InChI=1S/C14H13BrN2O/c1-2-17-10-9-13(16-17)7-8-14(18)11-3-5-12(15)6-4-11/h3-10H,2H2,1H3. The third-order valence-electron chi connectivity index (χ3n) is 2.52. The average molecular weight is 305 g/mol. The van der Waals surface area contributed by atoms with Crippen LogP contribution in [0.25, 0.3) is 6.08 Å². The van der Waals surface area contributed by atoms with E-state index >= 15 is 0 Å². The lowest BCUT2D eigenvalue weighted by molar-refractivity contribution is 0.104. The summed E-state index contributed by atoms with van der Waals surface area (Å²) in [6, 6.07) is 9.18. The number of carbonyl (C=O) groups excluding carboxylic acids is 1. The number of hydrogen-bond donors (Lipinski definition) is 0. The van der Waals surface area contributed by atoms with Crippen molar-refractivity contribution in [3.8, 4) is 0 Å². The van der Waals surface area contributed by atoms with Gasteiger partial charge in [0.1, 0.15) is 0 Å². The van der Waals surface area contributed by atoms with Gasteiger partial charge in [-0.05, 0) is 49.4 Å². The molecule has 0 unspecified atom stereocenters. The van der Waals surface area contributed by atoms with Crippen LogP contribution < -0.4 is 0 Å². The molecule has 0 spiro atoms. The largest absolute Gasteiger partial charge is 0.289 e. The minimum atomic E-state index is -0.0199. The molecule has 0 saturated heterocycles.